The van der Waals surface area contributed by atoms with E-state index in [4.69, 9.17) is 11.6 Å². The van der Waals surface area contributed by atoms with Gasteiger partial charge in [0.2, 0.25) is 5.91 Å². The second-order valence-electron chi connectivity index (χ2n) is 10.6. The number of halogens is 1. The molecule has 1 saturated heterocycles. The van der Waals surface area contributed by atoms with Crippen molar-refractivity contribution in [2.45, 2.75) is 38.6 Å². The Labute approximate surface area is 226 Å². The molecule has 6 rings (SSSR count). The molecule has 1 aliphatic heterocycles. The van der Waals surface area contributed by atoms with Crippen LogP contribution in [-0.2, 0) is 11.3 Å². The van der Waals surface area contributed by atoms with E-state index >= 15 is 0 Å². The van der Waals surface area contributed by atoms with Gasteiger partial charge in [0.25, 0.3) is 5.91 Å². The third-order valence-corrected chi connectivity index (χ3v) is 8.09. The molecule has 1 aliphatic carbocycles. The monoisotopic (exact) mass is 529 g/mol. The van der Waals surface area contributed by atoms with Crippen molar-refractivity contribution < 1.29 is 9.59 Å². The van der Waals surface area contributed by atoms with Crippen molar-refractivity contribution in [1.29, 1.82) is 0 Å². The van der Waals surface area contributed by atoms with Crippen molar-refractivity contribution in [3.05, 3.63) is 70.9 Å². The number of pyridine rings is 1. The third kappa shape index (κ3) is 5.54. The highest BCUT2D eigenvalue weighted by Gasteiger charge is 2.30. The highest BCUT2D eigenvalue weighted by Crippen LogP contribution is 2.33. The predicted molar refractivity (Wildman–Crippen MR) is 151 cm³/mol. The molecule has 2 aromatic heterocycles. The molecule has 0 bridgehead atoms. The second kappa shape index (κ2) is 10.8. The summed E-state index contributed by atoms with van der Waals surface area (Å²) >= 11 is 6.00. The molecular formula is C30H32ClN5O2. The first-order chi connectivity index (χ1) is 18.5. The Hall–Kier alpha value is -3.42. The van der Waals surface area contributed by atoms with Crippen molar-refractivity contribution >= 4 is 51.0 Å². The molecule has 1 saturated carbocycles. The number of hydrogen-bond acceptors (Lipinski definition) is 4. The molecule has 2 aliphatic rings. The second-order valence-corrected chi connectivity index (χ2v) is 11.1. The number of piperidine rings is 1. The number of anilines is 1. The summed E-state index contributed by atoms with van der Waals surface area (Å²) < 4.78 is 0. The summed E-state index contributed by atoms with van der Waals surface area (Å²) in [4.78, 5) is 35.4. The molecule has 8 heteroatoms. The zero-order chi connectivity index (χ0) is 26.1. The largest absolute Gasteiger partial charge is 0.352 e. The standard InChI is InChI=1S/C30H32ClN5O2/c31-23-6-1-20(2-7-23)18-36-15-11-19(12-16-36)9-13-33-29(37)22-5-8-24-25-10-14-32-28(27(25)34-26(24)17-22)35-30(38)21-3-4-21/h1-2,5-8,10,14,17,19,21,34H,3-4,9,11-13,15-16,18H2,(H,33,37)(H,32,35,38). The van der Waals surface area contributed by atoms with Crippen LogP contribution in [0.15, 0.2) is 54.7 Å². The molecule has 2 aromatic carbocycles. The summed E-state index contributed by atoms with van der Waals surface area (Å²) in [5.74, 6) is 1.24. The Kier molecular flexibility index (Phi) is 7.04. The van der Waals surface area contributed by atoms with Crippen molar-refractivity contribution in [2.24, 2.45) is 11.8 Å². The average Bonchev–Trinajstić information content (AvgIpc) is 3.72. The van der Waals surface area contributed by atoms with Crippen LogP contribution in [0.25, 0.3) is 21.8 Å². The van der Waals surface area contributed by atoms with Crippen molar-refractivity contribution in [1.82, 2.24) is 20.2 Å². The van der Waals surface area contributed by atoms with Crippen LogP contribution in [0.1, 0.15) is 48.0 Å². The van der Waals surface area contributed by atoms with E-state index in [0.717, 1.165) is 78.6 Å². The fourth-order valence-electron chi connectivity index (χ4n) is 5.40. The van der Waals surface area contributed by atoms with Crippen LogP contribution in [0.5, 0.6) is 0 Å². The first kappa shape index (κ1) is 24.9. The van der Waals surface area contributed by atoms with Gasteiger partial charge in [-0.1, -0.05) is 29.8 Å². The number of amides is 2. The molecule has 0 atom stereocenters. The lowest BCUT2D eigenvalue weighted by molar-refractivity contribution is -0.117. The van der Waals surface area contributed by atoms with Crippen LogP contribution < -0.4 is 10.6 Å². The number of H-pyrrole nitrogens is 1. The molecule has 2 amide bonds. The van der Waals surface area contributed by atoms with Gasteiger partial charge < -0.3 is 15.6 Å². The fourth-order valence-corrected chi connectivity index (χ4v) is 5.53. The van der Waals surface area contributed by atoms with Gasteiger partial charge in [0.15, 0.2) is 5.82 Å². The maximum atomic E-state index is 12.9. The lowest BCUT2D eigenvalue weighted by Crippen LogP contribution is -2.34. The number of hydrogen-bond donors (Lipinski definition) is 3. The Morgan fingerprint density at radius 3 is 2.55 bits per heavy atom. The molecule has 0 spiro atoms. The van der Waals surface area contributed by atoms with E-state index in [0.29, 0.717) is 23.8 Å². The van der Waals surface area contributed by atoms with Gasteiger partial charge in [-0.25, -0.2) is 4.98 Å². The number of benzene rings is 2. The van der Waals surface area contributed by atoms with E-state index in [1.54, 1.807) is 6.20 Å². The van der Waals surface area contributed by atoms with E-state index in [2.05, 4.69) is 37.6 Å². The minimum absolute atomic E-state index is 0.0240. The smallest absolute Gasteiger partial charge is 0.251 e. The van der Waals surface area contributed by atoms with Crippen molar-refractivity contribution in [2.75, 3.05) is 25.0 Å². The van der Waals surface area contributed by atoms with E-state index in [9.17, 15) is 9.59 Å². The number of aromatic amines is 1. The number of likely N-dealkylation sites (tertiary alicyclic amines) is 1. The first-order valence-electron chi connectivity index (χ1n) is 13.5. The zero-order valence-corrected chi connectivity index (χ0v) is 22.1. The lowest BCUT2D eigenvalue weighted by atomic mass is 9.93. The Bertz CT molecular complexity index is 1470. The molecule has 0 radical (unpaired) electrons. The van der Waals surface area contributed by atoms with E-state index in [1.807, 2.05) is 36.4 Å². The highest BCUT2D eigenvalue weighted by atomic mass is 35.5. The fraction of sp³-hybridized carbons (Fsp3) is 0.367. The number of nitrogens with zero attached hydrogens (tertiary/aromatic N) is 2. The molecule has 38 heavy (non-hydrogen) atoms. The first-order valence-corrected chi connectivity index (χ1v) is 13.9. The molecule has 4 aromatic rings. The van der Waals surface area contributed by atoms with Crippen molar-refractivity contribution in [3.63, 3.8) is 0 Å². The Morgan fingerprint density at radius 2 is 1.79 bits per heavy atom. The lowest BCUT2D eigenvalue weighted by Gasteiger charge is -2.32. The van der Waals surface area contributed by atoms with Crippen LogP contribution in [-0.4, -0.2) is 46.3 Å². The quantitative estimate of drug-likeness (QED) is 0.271. The number of rotatable bonds is 8. The minimum atomic E-state index is -0.0638. The normalized spacial score (nSPS) is 16.7. The average molecular weight is 530 g/mol. The van der Waals surface area contributed by atoms with Crippen LogP contribution >= 0.6 is 11.6 Å². The highest BCUT2D eigenvalue weighted by molar-refractivity contribution is 6.30. The zero-order valence-electron chi connectivity index (χ0n) is 21.3. The van der Waals surface area contributed by atoms with Gasteiger partial charge in [-0.2, -0.15) is 0 Å². The van der Waals surface area contributed by atoms with Crippen LogP contribution in [0, 0.1) is 11.8 Å². The summed E-state index contributed by atoms with van der Waals surface area (Å²) in [5, 5.41) is 8.82. The molecule has 3 heterocycles. The van der Waals surface area contributed by atoms with Gasteiger partial charge in [-0.05, 0) is 87.0 Å². The van der Waals surface area contributed by atoms with Gasteiger partial charge in [0, 0.05) is 52.1 Å². The Balaban J connectivity index is 1.02. The van der Waals surface area contributed by atoms with Gasteiger partial charge in [0.1, 0.15) is 0 Å². The number of carbonyl (C=O) groups excluding carboxylic acids is 2. The number of nitrogens with one attached hydrogen (secondary N) is 3. The number of aromatic nitrogens is 2. The van der Waals surface area contributed by atoms with Gasteiger partial charge >= 0.3 is 0 Å². The van der Waals surface area contributed by atoms with Crippen LogP contribution in [0.2, 0.25) is 5.02 Å². The summed E-state index contributed by atoms with van der Waals surface area (Å²) in [7, 11) is 0. The number of carbonyl (C=O) groups is 2. The van der Waals surface area contributed by atoms with Crippen LogP contribution in [0.4, 0.5) is 5.82 Å². The van der Waals surface area contributed by atoms with E-state index in [-0.39, 0.29) is 17.7 Å². The maximum absolute atomic E-state index is 12.9. The van der Waals surface area contributed by atoms with E-state index < -0.39 is 0 Å². The van der Waals surface area contributed by atoms with E-state index in [1.165, 1.54) is 5.56 Å². The molecule has 3 N–H and O–H groups in total. The van der Waals surface area contributed by atoms with Gasteiger partial charge in [-0.3, -0.25) is 14.5 Å². The molecule has 0 unspecified atom stereocenters. The molecule has 2 fully saturated rings. The summed E-state index contributed by atoms with van der Waals surface area (Å²) in [5.41, 5.74) is 3.56. The minimum Gasteiger partial charge on any atom is -0.352 e. The molecule has 7 nitrogen and oxygen atoms in total. The summed E-state index contributed by atoms with van der Waals surface area (Å²) in [6.07, 6.45) is 6.88. The summed E-state index contributed by atoms with van der Waals surface area (Å²) in [6.45, 7) is 3.79. The number of fused-ring (bicyclic) bond motifs is 3. The third-order valence-electron chi connectivity index (χ3n) is 7.84. The summed E-state index contributed by atoms with van der Waals surface area (Å²) in [6, 6.07) is 15.7. The van der Waals surface area contributed by atoms with Gasteiger partial charge in [0.05, 0.1) is 5.52 Å². The topological polar surface area (TPSA) is 90.1 Å². The molecule has 196 valence electrons. The van der Waals surface area contributed by atoms with Crippen LogP contribution in [0.3, 0.4) is 0 Å². The van der Waals surface area contributed by atoms with Crippen molar-refractivity contribution in [3.8, 4) is 0 Å². The SMILES string of the molecule is O=C(NCCC1CCN(Cc2ccc(Cl)cc2)CC1)c1ccc2c(c1)[nH]c1c(NC(=O)C3CC3)nccc12. The maximum Gasteiger partial charge on any atom is 0.251 e. The Morgan fingerprint density at radius 1 is 1.00 bits per heavy atom. The van der Waals surface area contributed by atoms with Gasteiger partial charge in [-0.15, -0.1) is 0 Å². The predicted octanol–water partition coefficient (Wildman–Crippen LogP) is 5.75. The molecular weight excluding hydrogens is 498 g/mol.